The van der Waals surface area contributed by atoms with Crippen molar-refractivity contribution in [1.29, 1.82) is 0 Å². The highest BCUT2D eigenvalue weighted by molar-refractivity contribution is 14.0. The minimum Gasteiger partial charge on any atom is -0.497 e. The number of benzene rings is 2. The van der Waals surface area contributed by atoms with Gasteiger partial charge in [-0.05, 0) is 50.8 Å². The van der Waals surface area contributed by atoms with E-state index in [0.717, 1.165) is 11.3 Å². The molecule has 2 rings (SSSR count). The van der Waals surface area contributed by atoms with Crippen LogP contribution >= 0.6 is 24.0 Å². The number of ether oxygens (including phenoxy) is 1. The first-order valence-electron chi connectivity index (χ1n) is 9.21. The summed E-state index contributed by atoms with van der Waals surface area (Å²) in [6.07, 6.45) is 0. The molecule has 2 N–H and O–H groups in total. The van der Waals surface area contributed by atoms with Crippen LogP contribution in [0.25, 0.3) is 0 Å². The molecule has 0 saturated carbocycles. The Labute approximate surface area is 188 Å². The largest absolute Gasteiger partial charge is 0.497 e. The van der Waals surface area contributed by atoms with Crippen molar-refractivity contribution in [3.63, 3.8) is 0 Å². The number of hydrogen-bond donors (Lipinski definition) is 2. The molecule has 0 spiro atoms. The average molecular weight is 518 g/mol. The molecule has 0 heterocycles. The normalized spacial score (nSPS) is 12.3. The number of rotatable bonds is 8. The molecule has 0 amide bonds. The summed E-state index contributed by atoms with van der Waals surface area (Å²) in [6, 6.07) is 11.1. The van der Waals surface area contributed by atoms with E-state index in [4.69, 9.17) is 4.74 Å². The highest BCUT2D eigenvalue weighted by Gasteiger charge is 2.22. The van der Waals surface area contributed by atoms with E-state index < -0.39 is 17.7 Å². The first kappa shape index (κ1) is 25.1. The van der Waals surface area contributed by atoms with Gasteiger partial charge >= 0.3 is 0 Å². The number of methoxy groups -OCH3 is 1. The van der Waals surface area contributed by atoms with Gasteiger partial charge in [0.05, 0.1) is 19.7 Å². The quantitative estimate of drug-likeness (QED) is 0.316. The lowest BCUT2D eigenvalue weighted by atomic mass is 10.0. The predicted molar refractivity (Wildman–Crippen MR) is 124 cm³/mol. The van der Waals surface area contributed by atoms with Crippen LogP contribution in [0.2, 0.25) is 0 Å². The third-order valence-corrected chi connectivity index (χ3v) is 4.32. The topological polar surface area (TPSA) is 48.9 Å². The number of likely N-dealkylation sites (N-methyl/N-ethyl adjacent to an activating group) is 1. The summed E-state index contributed by atoms with van der Waals surface area (Å²) in [6.45, 7) is 3.38. The van der Waals surface area contributed by atoms with E-state index >= 15 is 0 Å². The van der Waals surface area contributed by atoms with Crippen LogP contribution < -0.4 is 15.4 Å². The number of nitrogens with one attached hydrogen (secondary N) is 2. The van der Waals surface area contributed by atoms with Crippen molar-refractivity contribution in [2.24, 2.45) is 4.99 Å². The molecule has 8 heteroatoms. The first-order chi connectivity index (χ1) is 13.5. The van der Waals surface area contributed by atoms with E-state index in [1.807, 2.05) is 31.2 Å². The fourth-order valence-corrected chi connectivity index (χ4v) is 2.85. The summed E-state index contributed by atoms with van der Waals surface area (Å²) in [5, 5.41) is 6.34. The Hall–Kier alpha value is -1.94. The van der Waals surface area contributed by atoms with Gasteiger partial charge in [-0.3, -0.25) is 0 Å². The van der Waals surface area contributed by atoms with E-state index in [9.17, 15) is 8.78 Å². The van der Waals surface area contributed by atoms with Crippen LogP contribution in [0.5, 0.6) is 5.75 Å². The summed E-state index contributed by atoms with van der Waals surface area (Å²) >= 11 is 0. The molecule has 0 aliphatic carbocycles. The van der Waals surface area contributed by atoms with Gasteiger partial charge in [0.2, 0.25) is 0 Å². The van der Waals surface area contributed by atoms with E-state index in [1.54, 1.807) is 26.1 Å². The molecule has 0 bridgehead atoms. The van der Waals surface area contributed by atoms with Crippen molar-refractivity contribution < 1.29 is 13.5 Å². The Morgan fingerprint density at radius 1 is 1.10 bits per heavy atom. The maximum Gasteiger partial charge on any atom is 0.191 e. The SMILES string of the molecule is CCNC(=NCc1cccc(OC)c1)NCC(c1c(F)cccc1F)N(C)C.I. The summed E-state index contributed by atoms with van der Waals surface area (Å²) < 4.78 is 33.7. The minimum absolute atomic E-state index is 0. The van der Waals surface area contributed by atoms with E-state index in [0.29, 0.717) is 25.6 Å². The second-order valence-corrected chi connectivity index (χ2v) is 6.54. The van der Waals surface area contributed by atoms with Gasteiger partial charge in [-0.25, -0.2) is 13.8 Å². The molecule has 160 valence electrons. The molecule has 5 nitrogen and oxygen atoms in total. The summed E-state index contributed by atoms with van der Waals surface area (Å²) in [4.78, 5) is 6.34. The number of guanidine groups is 1. The molecule has 0 fully saturated rings. The van der Waals surface area contributed by atoms with Crippen LogP contribution in [0.4, 0.5) is 8.78 Å². The van der Waals surface area contributed by atoms with Crippen LogP contribution in [0.3, 0.4) is 0 Å². The molecular weight excluding hydrogens is 489 g/mol. The lowest BCUT2D eigenvalue weighted by Gasteiger charge is -2.26. The predicted octanol–water partition coefficient (Wildman–Crippen LogP) is 3.95. The molecule has 0 radical (unpaired) electrons. The summed E-state index contributed by atoms with van der Waals surface area (Å²) in [7, 11) is 5.20. The fraction of sp³-hybridized carbons (Fsp3) is 0.381. The van der Waals surface area contributed by atoms with Crippen molar-refractivity contribution in [2.75, 3.05) is 34.3 Å². The molecule has 29 heavy (non-hydrogen) atoms. The standard InChI is InChI=1S/C21H28F2N4O.HI/c1-5-24-21(25-13-15-8-6-9-16(12-15)28-4)26-14-19(27(2)3)20-17(22)10-7-11-18(20)23;/h6-12,19H,5,13-14H2,1-4H3,(H2,24,25,26);1H. The zero-order valence-corrected chi connectivity index (χ0v) is 19.5. The van der Waals surface area contributed by atoms with E-state index in [-0.39, 0.29) is 29.5 Å². The fourth-order valence-electron chi connectivity index (χ4n) is 2.85. The van der Waals surface area contributed by atoms with Gasteiger partial charge in [-0.1, -0.05) is 18.2 Å². The van der Waals surface area contributed by atoms with Crippen LogP contribution in [0.1, 0.15) is 24.1 Å². The summed E-state index contributed by atoms with van der Waals surface area (Å²) in [5.41, 5.74) is 1.05. The second kappa shape index (κ2) is 12.6. The molecule has 1 atom stereocenters. The van der Waals surface area contributed by atoms with Gasteiger partial charge in [-0.15, -0.1) is 24.0 Å². The van der Waals surface area contributed by atoms with Gasteiger partial charge in [0.15, 0.2) is 5.96 Å². The van der Waals surface area contributed by atoms with Crippen molar-refractivity contribution >= 4 is 29.9 Å². The zero-order valence-electron chi connectivity index (χ0n) is 17.2. The Morgan fingerprint density at radius 3 is 2.34 bits per heavy atom. The Balaban J connectivity index is 0.00000420. The van der Waals surface area contributed by atoms with Crippen LogP contribution in [0, 0.1) is 11.6 Å². The highest BCUT2D eigenvalue weighted by atomic mass is 127. The van der Waals surface area contributed by atoms with Crippen molar-refractivity contribution in [2.45, 2.75) is 19.5 Å². The smallest absolute Gasteiger partial charge is 0.191 e. The lowest BCUT2D eigenvalue weighted by molar-refractivity contribution is 0.282. The molecule has 0 aliphatic rings. The summed E-state index contributed by atoms with van der Waals surface area (Å²) in [5.74, 6) is 0.236. The molecule has 1 unspecified atom stereocenters. The molecule has 0 aliphatic heterocycles. The molecule has 2 aromatic rings. The molecular formula is C21H29F2IN4O. The number of hydrogen-bond acceptors (Lipinski definition) is 3. The number of aliphatic imine (C=N–C) groups is 1. The van der Waals surface area contributed by atoms with Gasteiger partial charge in [0.1, 0.15) is 17.4 Å². The Bertz CT molecular complexity index is 782. The van der Waals surface area contributed by atoms with E-state index in [2.05, 4.69) is 15.6 Å². The van der Waals surface area contributed by atoms with Crippen molar-refractivity contribution in [3.8, 4) is 5.75 Å². The van der Waals surface area contributed by atoms with Gasteiger partial charge in [0, 0.05) is 18.7 Å². The van der Waals surface area contributed by atoms with Crippen LogP contribution in [0.15, 0.2) is 47.5 Å². The number of nitrogens with zero attached hydrogens (tertiary/aromatic N) is 2. The van der Waals surface area contributed by atoms with Gasteiger partial charge < -0.3 is 20.3 Å². The van der Waals surface area contributed by atoms with E-state index in [1.165, 1.54) is 18.2 Å². The van der Waals surface area contributed by atoms with Gasteiger partial charge in [-0.2, -0.15) is 0 Å². The first-order valence-corrected chi connectivity index (χ1v) is 9.21. The van der Waals surface area contributed by atoms with Crippen molar-refractivity contribution in [3.05, 3.63) is 65.2 Å². The van der Waals surface area contributed by atoms with Crippen molar-refractivity contribution in [1.82, 2.24) is 15.5 Å². The average Bonchev–Trinajstić information content (AvgIpc) is 2.68. The molecule has 0 saturated heterocycles. The minimum atomic E-state index is -0.557. The Kier molecular flexibility index (Phi) is 10.9. The monoisotopic (exact) mass is 518 g/mol. The highest BCUT2D eigenvalue weighted by Crippen LogP contribution is 2.23. The lowest BCUT2D eigenvalue weighted by Crippen LogP contribution is -2.42. The third-order valence-electron chi connectivity index (χ3n) is 4.32. The zero-order chi connectivity index (χ0) is 20.5. The Morgan fingerprint density at radius 2 is 1.76 bits per heavy atom. The van der Waals surface area contributed by atoms with Crippen LogP contribution in [-0.2, 0) is 6.54 Å². The maximum atomic E-state index is 14.2. The molecule has 0 aromatic heterocycles. The third kappa shape index (κ3) is 7.43. The maximum absolute atomic E-state index is 14.2. The number of halogens is 3. The second-order valence-electron chi connectivity index (χ2n) is 6.54. The van der Waals surface area contributed by atoms with Gasteiger partial charge in [0.25, 0.3) is 0 Å². The molecule has 2 aromatic carbocycles. The van der Waals surface area contributed by atoms with Crippen LogP contribution in [-0.4, -0.2) is 45.2 Å².